The molecule has 1 saturated heterocycles. The number of rotatable bonds is 4. The highest BCUT2D eigenvalue weighted by Gasteiger charge is 2.07. The summed E-state index contributed by atoms with van der Waals surface area (Å²) in [5, 5.41) is 3.38. The summed E-state index contributed by atoms with van der Waals surface area (Å²) in [6.07, 6.45) is 2.49. The van der Waals surface area contributed by atoms with Gasteiger partial charge in [-0.15, -0.1) is 24.8 Å². The van der Waals surface area contributed by atoms with Crippen molar-refractivity contribution >= 4 is 24.8 Å². The molecule has 1 heterocycles. The maximum absolute atomic E-state index is 3.38. The molecule has 0 unspecified atom stereocenters. The van der Waals surface area contributed by atoms with E-state index in [0.717, 1.165) is 13.1 Å². The van der Waals surface area contributed by atoms with E-state index < -0.39 is 0 Å². The lowest BCUT2D eigenvalue weighted by Gasteiger charge is -2.27. The number of piperazine rings is 1. The Bertz CT molecular complexity index is 274. The summed E-state index contributed by atoms with van der Waals surface area (Å²) in [6, 6.07) is 10.8. The van der Waals surface area contributed by atoms with Gasteiger partial charge in [0.1, 0.15) is 0 Å². The van der Waals surface area contributed by atoms with E-state index in [-0.39, 0.29) is 24.8 Å². The minimum atomic E-state index is 0. The van der Waals surface area contributed by atoms with Crippen molar-refractivity contribution in [2.45, 2.75) is 12.8 Å². The molecule has 0 aliphatic carbocycles. The highest BCUT2D eigenvalue weighted by molar-refractivity contribution is 5.85. The van der Waals surface area contributed by atoms with Crippen LogP contribution in [0.1, 0.15) is 12.0 Å². The molecule has 1 aromatic carbocycles. The van der Waals surface area contributed by atoms with Gasteiger partial charge in [0.25, 0.3) is 0 Å². The van der Waals surface area contributed by atoms with E-state index in [0.29, 0.717) is 0 Å². The van der Waals surface area contributed by atoms with Crippen LogP contribution in [0.25, 0.3) is 0 Å². The molecule has 1 fully saturated rings. The van der Waals surface area contributed by atoms with Crippen LogP contribution in [0.5, 0.6) is 0 Å². The second-order valence-electron chi connectivity index (χ2n) is 4.18. The zero-order valence-corrected chi connectivity index (χ0v) is 11.7. The average molecular weight is 277 g/mol. The number of hydrogen-bond acceptors (Lipinski definition) is 2. The van der Waals surface area contributed by atoms with E-state index in [4.69, 9.17) is 0 Å². The van der Waals surface area contributed by atoms with Crippen molar-refractivity contribution in [2.75, 3.05) is 32.7 Å². The maximum Gasteiger partial charge on any atom is 0.0107 e. The third-order valence-corrected chi connectivity index (χ3v) is 2.99. The van der Waals surface area contributed by atoms with Crippen molar-refractivity contribution in [3.8, 4) is 0 Å². The van der Waals surface area contributed by atoms with E-state index in [1.807, 2.05) is 0 Å². The zero-order valence-electron chi connectivity index (χ0n) is 10.1. The lowest BCUT2D eigenvalue weighted by molar-refractivity contribution is 0.238. The number of hydrogen-bond donors (Lipinski definition) is 1. The first-order valence-corrected chi connectivity index (χ1v) is 5.92. The molecule has 0 spiro atoms. The molecule has 4 heteroatoms. The van der Waals surface area contributed by atoms with Gasteiger partial charge in [0.05, 0.1) is 0 Å². The van der Waals surface area contributed by atoms with Crippen molar-refractivity contribution < 1.29 is 0 Å². The van der Waals surface area contributed by atoms with Crippen molar-refractivity contribution in [1.29, 1.82) is 0 Å². The lowest BCUT2D eigenvalue weighted by atomic mass is 10.1. The summed E-state index contributed by atoms with van der Waals surface area (Å²) < 4.78 is 0. The summed E-state index contributed by atoms with van der Waals surface area (Å²) in [5.41, 5.74) is 1.47. The third-order valence-electron chi connectivity index (χ3n) is 2.99. The third kappa shape index (κ3) is 6.27. The smallest absolute Gasteiger partial charge is 0.0107 e. The number of aryl methyl sites for hydroxylation is 1. The van der Waals surface area contributed by atoms with Gasteiger partial charge >= 0.3 is 0 Å². The highest BCUT2D eigenvalue weighted by Crippen LogP contribution is 2.03. The Hall–Kier alpha value is -0.280. The van der Waals surface area contributed by atoms with Crippen molar-refractivity contribution in [1.82, 2.24) is 10.2 Å². The van der Waals surface area contributed by atoms with Gasteiger partial charge in [0.15, 0.2) is 0 Å². The van der Waals surface area contributed by atoms with Gasteiger partial charge in [0, 0.05) is 26.2 Å². The van der Waals surface area contributed by atoms with Gasteiger partial charge in [-0.3, -0.25) is 0 Å². The Morgan fingerprint density at radius 2 is 1.65 bits per heavy atom. The van der Waals surface area contributed by atoms with Crippen molar-refractivity contribution in [3.05, 3.63) is 35.9 Å². The molecule has 0 radical (unpaired) electrons. The molecular weight excluding hydrogens is 255 g/mol. The Morgan fingerprint density at radius 1 is 1.00 bits per heavy atom. The summed E-state index contributed by atoms with van der Waals surface area (Å²) in [4.78, 5) is 2.56. The first kappa shape index (κ1) is 16.7. The van der Waals surface area contributed by atoms with Crippen LogP contribution in [0.2, 0.25) is 0 Å². The molecule has 17 heavy (non-hydrogen) atoms. The Balaban J connectivity index is 0.00000128. The lowest BCUT2D eigenvalue weighted by Crippen LogP contribution is -2.43. The van der Waals surface area contributed by atoms with Crippen LogP contribution in [0.4, 0.5) is 0 Å². The summed E-state index contributed by atoms with van der Waals surface area (Å²) in [5.74, 6) is 0. The fraction of sp³-hybridized carbons (Fsp3) is 0.538. The van der Waals surface area contributed by atoms with E-state index in [1.165, 1.54) is 38.0 Å². The van der Waals surface area contributed by atoms with Crippen molar-refractivity contribution in [3.63, 3.8) is 0 Å². The molecule has 98 valence electrons. The monoisotopic (exact) mass is 276 g/mol. The van der Waals surface area contributed by atoms with Crippen LogP contribution < -0.4 is 5.32 Å². The molecule has 0 bridgehead atoms. The number of nitrogens with zero attached hydrogens (tertiary/aromatic N) is 1. The molecule has 1 aromatic rings. The maximum atomic E-state index is 3.38. The largest absolute Gasteiger partial charge is 0.314 e. The first-order chi connectivity index (χ1) is 7.45. The first-order valence-electron chi connectivity index (χ1n) is 5.92. The summed E-state index contributed by atoms with van der Waals surface area (Å²) >= 11 is 0. The number of halogens is 2. The van der Waals surface area contributed by atoms with Gasteiger partial charge in [-0.1, -0.05) is 30.3 Å². The normalized spacial score (nSPS) is 15.8. The predicted molar refractivity (Wildman–Crippen MR) is 78.6 cm³/mol. The molecular formula is C13H22Cl2N2. The Labute approximate surface area is 117 Å². The average Bonchev–Trinajstić information content (AvgIpc) is 2.32. The molecule has 1 N–H and O–H groups in total. The van der Waals surface area contributed by atoms with Crippen molar-refractivity contribution in [2.24, 2.45) is 0 Å². The molecule has 1 aliphatic heterocycles. The van der Waals surface area contributed by atoms with Gasteiger partial charge in [-0.05, 0) is 24.9 Å². The van der Waals surface area contributed by atoms with Gasteiger partial charge in [-0.2, -0.15) is 0 Å². The summed E-state index contributed by atoms with van der Waals surface area (Å²) in [6.45, 7) is 6.00. The Morgan fingerprint density at radius 3 is 2.29 bits per heavy atom. The predicted octanol–water partition coefficient (Wildman–Crippen LogP) is 2.37. The quantitative estimate of drug-likeness (QED) is 0.909. The molecule has 2 rings (SSSR count). The standard InChI is InChI=1S/C13H20N2.2ClH/c1-2-5-13(6-3-1)7-4-10-15-11-8-14-9-12-15;;/h1-3,5-6,14H,4,7-12H2;2*1H. The zero-order chi connectivity index (χ0) is 10.3. The van der Waals surface area contributed by atoms with Gasteiger partial charge < -0.3 is 10.2 Å². The fourth-order valence-corrected chi connectivity index (χ4v) is 2.09. The van der Waals surface area contributed by atoms with E-state index in [1.54, 1.807) is 0 Å². The minimum absolute atomic E-state index is 0. The van der Waals surface area contributed by atoms with Gasteiger partial charge in [-0.25, -0.2) is 0 Å². The number of benzene rings is 1. The second kappa shape index (κ2) is 9.72. The molecule has 2 nitrogen and oxygen atoms in total. The van der Waals surface area contributed by atoms with Crippen LogP contribution in [-0.2, 0) is 6.42 Å². The molecule has 0 amide bonds. The van der Waals surface area contributed by atoms with E-state index in [9.17, 15) is 0 Å². The van der Waals surface area contributed by atoms with Crippen LogP contribution >= 0.6 is 24.8 Å². The Kier molecular flexibility index (Phi) is 9.56. The van der Waals surface area contributed by atoms with Gasteiger partial charge in [0.2, 0.25) is 0 Å². The van der Waals surface area contributed by atoms with Crippen LogP contribution in [0.3, 0.4) is 0 Å². The van der Waals surface area contributed by atoms with Crippen LogP contribution in [-0.4, -0.2) is 37.6 Å². The highest BCUT2D eigenvalue weighted by atomic mass is 35.5. The van der Waals surface area contributed by atoms with Crippen LogP contribution in [0, 0.1) is 0 Å². The molecule has 1 aliphatic rings. The molecule has 0 saturated carbocycles. The van der Waals surface area contributed by atoms with Crippen LogP contribution in [0.15, 0.2) is 30.3 Å². The van der Waals surface area contributed by atoms with E-state index >= 15 is 0 Å². The molecule has 0 aromatic heterocycles. The second-order valence-corrected chi connectivity index (χ2v) is 4.18. The molecule has 0 atom stereocenters. The van der Waals surface area contributed by atoms with E-state index in [2.05, 4.69) is 40.5 Å². The minimum Gasteiger partial charge on any atom is -0.314 e. The number of nitrogens with one attached hydrogen (secondary N) is 1. The SMILES string of the molecule is Cl.Cl.c1ccc(CCCN2CCNCC2)cc1. The summed E-state index contributed by atoms with van der Waals surface area (Å²) in [7, 11) is 0. The topological polar surface area (TPSA) is 15.3 Å². The fourth-order valence-electron chi connectivity index (χ4n) is 2.09.